The Labute approximate surface area is 99.6 Å². The maximum atomic E-state index is 12.0. The van der Waals surface area contributed by atoms with E-state index in [1.54, 1.807) is 7.11 Å². The molecule has 0 spiro atoms. The Balaban J connectivity index is 2.07. The number of nitrogens with one attached hydrogen (secondary N) is 2. The van der Waals surface area contributed by atoms with Crippen LogP contribution >= 0.6 is 0 Å². The van der Waals surface area contributed by atoms with E-state index >= 15 is 0 Å². The van der Waals surface area contributed by atoms with Crippen LogP contribution in [0.15, 0.2) is 4.79 Å². The van der Waals surface area contributed by atoms with Gasteiger partial charge in [0.05, 0.1) is 11.3 Å². The number of nitrogens with zero attached hydrogens (tertiary/aromatic N) is 1. The molecule has 92 valence electrons. The van der Waals surface area contributed by atoms with E-state index in [1.807, 2.05) is 0 Å². The second-order valence-corrected chi connectivity index (χ2v) is 4.82. The summed E-state index contributed by atoms with van der Waals surface area (Å²) in [5.74, 6) is 0.719. The van der Waals surface area contributed by atoms with Crippen LogP contribution in [0.2, 0.25) is 0 Å². The molecule has 1 aromatic heterocycles. The Hall–Kier alpha value is -1.20. The van der Waals surface area contributed by atoms with Crippen molar-refractivity contribution in [3.05, 3.63) is 27.4 Å². The van der Waals surface area contributed by atoms with Crippen molar-refractivity contribution < 1.29 is 4.74 Å². The van der Waals surface area contributed by atoms with Gasteiger partial charge in [0.1, 0.15) is 11.4 Å². The predicted molar refractivity (Wildman–Crippen MR) is 62.8 cm³/mol. The minimum absolute atomic E-state index is 0.0134. The van der Waals surface area contributed by atoms with Gasteiger partial charge in [0, 0.05) is 26.6 Å². The molecule has 17 heavy (non-hydrogen) atoms. The summed E-state index contributed by atoms with van der Waals surface area (Å²) in [6, 6.07) is 0. The van der Waals surface area contributed by atoms with Gasteiger partial charge in [0.2, 0.25) is 0 Å². The molecule has 1 aliphatic carbocycles. The van der Waals surface area contributed by atoms with Crippen LogP contribution in [-0.2, 0) is 23.3 Å². The summed E-state index contributed by atoms with van der Waals surface area (Å²) in [7, 11) is 1.69. The van der Waals surface area contributed by atoms with Crippen molar-refractivity contribution in [2.75, 3.05) is 13.7 Å². The van der Waals surface area contributed by atoms with Crippen molar-refractivity contribution in [3.63, 3.8) is 0 Å². The van der Waals surface area contributed by atoms with Crippen LogP contribution in [0.3, 0.4) is 0 Å². The van der Waals surface area contributed by atoms with Crippen LogP contribution in [0.1, 0.15) is 36.3 Å². The first-order valence-electron chi connectivity index (χ1n) is 6.14. The lowest BCUT2D eigenvalue weighted by molar-refractivity contribution is -0.0850. The van der Waals surface area contributed by atoms with Crippen LogP contribution in [0.25, 0.3) is 0 Å². The fourth-order valence-corrected chi connectivity index (χ4v) is 2.60. The van der Waals surface area contributed by atoms with Gasteiger partial charge in [0.25, 0.3) is 5.56 Å². The van der Waals surface area contributed by atoms with Crippen molar-refractivity contribution in [3.8, 4) is 0 Å². The van der Waals surface area contributed by atoms with Gasteiger partial charge in [-0.1, -0.05) is 0 Å². The van der Waals surface area contributed by atoms with Gasteiger partial charge in [-0.2, -0.15) is 0 Å². The zero-order chi connectivity index (χ0) is 11.9. The third kappa shape index (κ3) is 1.61. The molecule has 1 aromatic rings. The summed E-state index contributed by atoms with van der Waals surface area (Å²) < 4.78 is 5.56. The summed E-state index contributed by atoms with van der Waals surface area (Å²) in [6.45, 7) is 1.51. The average molecular weight is 235 g/mol. The number of aromatic nitrogens is 2. The van der Waals surface area contributed by atoms with Gasteiger partial charge in [-0.25, -0.2) is 4.98 Å². The summed E-state index contributed by atoms with van der Waals surface area (Å²) in [6.07, 6.45) is 3.86. The number of hydrogen-bond acceptors (Lipinski definition) is 4. The van der Waals surface area contributed by atoms with Crippen molar-refractivity contribution >= 4 is 0 Å². The Morgan fingerprint density at radius 3 is 2.88 bits per heavy atom. The Bertz CT molecular complexity index is 486. The first kappa shape index (κ1) is 10.9. The van der Waals surface area contributed by atoms with Gasteiger partial charge < -0.3 is 15.0 Å². The molecule has 1 saturated carbocycles. The number of hydrogen-bond donors (Lipinski definition) is 2. The van der Waals surface area contributed by atoms with Crippen molar-refractivity contribution in [2.45, 2.75) is 37.8 Å². The average Bonchev–Trinajstić information content (AvgIpc) is 2.28. The molecule has 0 bridgehead atoms. The molecule has 5 heteroatoms. The minimum atomic E-state index is -0.334. The number of fused-ring (bicyclic) bond motifs is 1. The lowest BCUT2D eigenvalue weighted by atomic mass is 9.79. The topological polar surface area (TPSA) is 67.0 Å². The maximum Gasteiger partial charge on any atom is 0.255 e. The highest BCUT2D eigenvalue weighted by Gasteiger charge is 2.41. The second-order valence-electron chi connectivity index (χ2n) is 4.82. The van der Waals surface area contributed by atoms with Gasteiger partial charge in [-0.3, -0.25) is 4.79 Å². The van der Waals surface area contributed by atoms with E-state index in [0.29, 0.717) is 6.54 Å². The first-order valence-corrected chi connectivity index (χ1v) is 6.14. The summed E-state index contributed by atoms with van der Waals surface area (Å²) >= 11 is 0. The highest BCUT2D eigenvalue weighted by molar-refractivity contribution is 5.23. The molecule has 3 rings (SSSR count). The standard InChI is InChI=1S/C12H17N3O2/c1-17-12(4-2-5-12)11-14-9-3-6-13-7-8(9)10(16)15-11/h13H,2-7H2,1H3,(H,14,15,16). The van der Waals surface area contributed by atoms with Crippen LogP contribution in [0, 0.1) is 0 Å². The first-order chi connectivity index (χ1) is 8.25. The number of rotatable bonds is 2. The third-order valence-electron chi connectivity index (χ3n) is 3.93. The molecule has 0 unspecified atom stereocenters. The number of ether oxygens (including phenoxy) is 1. The van der Waals surface area contributed by atoms with Gasteiger partial charge >= 0.3 is 0 Å². The molecular formula is C12H17N3O2. The quantitative estimate of drug-likeness (QED) is 0.780. The summed E-state index contributed by atoms with van der Waals surface area (Å²) in [5.41, 5.74) is 1.37. The Morgan fingerprint density at radius 2 is 2.24 bits per heavy atom. The Morgan fingerprint density at radius 1 is 1.41 bits per heavy atom. The molecule has 2 N–H and O–H groups in total. The van der Waals surface area contributed by atoms with E-state index in [0.717, 1.165) is 49.3 Å². The molecule has 5 nitrogen and oxygen atoms in total. The van der Waals surface area contributed by atoms with Crippen LogP contribution in [0.5, 0.6) is 0 Å². The molecule has 0 amide bonds. The SMILES string of the molecule is COC1(c2nc3c(c(=O)[nH]2)CNCC3)CCC1. The lowest BCUT2D eigenvalue weighted by Gasteiger charge is -2.39. The van der Waals surface area contributed by atoms with E-state index in [-0.39, 0.29) is 11.2 Å². The largest absolute Gasteiger partial charge is 0.370 e. The van der Waals surface area contributed by atoms with E-state index in [9.17, 15) is 4.79 Å². The third-order valence-corrected chi connectivity index (χ3v) is 3.93. The number of methoxy groups -OCH3 is 1. The van der Waals surface area contributed by atoms with E-state index in [1.165, 1.54) is 0 Å². The van der Waals surface area contributed by atoms with E-state index in [2.05, 4.69) is 15.3 Å². The van der Waals surface area contributed by atoms with Gasteiger partial charge in [0.15, 0.2) is 0 Å². The highest BCUT2D eigenvalue weighted by atomic mass is 16.5. The molecule has 2 aliphatic rings. The molecule has 0 atom stereocenters. The second kappa shape index (κ2) is 3.92. The minimum Gasteiger partial charge on any atom is -0.370 e. The smallest absolute Gasteiger partial charge is 0.255 e. The zero-order valence-corrected chi connectivity index (χ0v) is 10.0. The normalized spacial score (nSPS) is 21.7. The molecule has 0 saturated heterocycles. The van der Waals surface area contributed by atoms with E-state index in [4.69, 9.17) is 4.74 Å². The monoisotopic (exact) mass is 235 g/mol. The van der Waals surface area contributed by atoms with Crippen molar-refractivity contribution in [1.29, 1.82) is 0 Å². The van der Waals surface area contributed by atoms with Crippen LogP contribution in [0.4, 0.5) is 0 Å². The van der Waals surface area contributed by atoms with Gasteiger partial charge in [-0.15, -0.1) is 0 Å². The fourth-order valence-electron chi connectivity index (χ4n) is 2.60. The van der Waals surface area contributed by atoms with Crippen LogP contribution < -0.4 is 10.9 Å². The van der Waals surface area contributed by atoms with E-state index < -0.39 is 0 Å². The number of H-pyrrole nitrogens is 1. The lowest BCUT2D eigenvalue weighted by Crippen LogP contribution is -2.41. The Kier molecular flexibility index (Phi) is 2.52. The molecule has 1 fully saturated rings. The van der Waals surface area contributed by atoms with Gasteiger partial charge in [-0.05, 0) is 19.3 Å². The molecule has 1 aliphatic heterocycles. The predicted octanol–water partition coefficient (Wildman–Crippen LogP) is 0.441. The highest BCUT2D eigenvalue weighted by Crippen LogP contribution is 2.42. The van der Waals surface area contributed by atoms with Crippen molar-refractivity contribution in [1.82, 2.24) is 15.3 Å². The molecular weight excluding hydrogens is 218 g/mol. The van der Waals surface area contributed by atoms with Crippen LogP contribution in [-0.4, -0.2) is 23.6 Å². The molecule has 0 radical (unpaired) electrons. The van der Waals surface area contributed by atoms with Crippen molar-refractivity contribution in [2.24, 2.45) is 0 Å². The number of aromatic amines is 1. The fraction of sp³-hybridized carbons (Fsp3) is 0.667. The molecule has 0 aromatic carbocycles. The summed E-state index contributed by atoms with van der Waals surface area (Å²) in [5, 5.41) is 3.19. The zero-order valence-electron chi connectivity index (χ0n) is 10.0. The summed E-state index contributed by atoms with van der Waals surface area (Å²) in [4.78, 5) is 19.5. The maximum absolute atomic E-state index is 12.0. The molecule has 2 heterocycles.